The smallest absolute Gasteiger partial charge is 0.416 e. The number of rotatable bonds is 2. The minimum Gasteiger partial charge on any atom is -0.490 e. The van der Waals surface area contributed by atoms with Gasteiger partial charge >= 0.3 is 6.09 Å². The van der Waals surface area contributed by atoms with Crippen molar-refractivity contribution >= 4 is 45.2 Å². The number of sulfonamides is 1. The fourth-order valence-corrected chi connectivity index (χ4v) is 10.5. The van der Waals surface area contributed by atoms with Gasteiger partial charge in [0, 0.05) is 29.1 Å². The van der Waals surface area contributed by atoms with Crippen LogP contribution in [0, 0.1) is 17.8 Å². The predicted molar refractivity (Wildman–Crippen MR) is 188 cm³/mol. The van der Waals surface area contributed by atoms with E-state index in [2.05, 4.69) is 15.7 Å². The minimum atomic E-state index is -4.04. The lowest BCUT2D eigenvalue weighted by Gasteiger charge is -2.50. The average molecular weight is 728 g/mol. The summed E-state index contributed by atoms with van der Waals surface area (Å²) in [6.45, 7) is 5.21. The Balaban J connectivity index is 1.29. The maximum atomic E-state index is 13.5. The van der Waals surface area contributed by atoms with Gasteiger partial charge in [-0.25, -0.2) is 22.8 Å². The lowest BCUT2D eigenvalue weighted by atomic mass is 9.61. The first-order valence-electron chi connectivity index (χ1n) is 17.8. The monoisotopic (exact) mass is 727 g/mol. The number of benzene rings is 2. The van der Waals surface area contributed by atoms with E-state index in [1.54, 1.807) is 25.1 Å². The van der Waals surface area contributed by atoms with Crippen molar-refractivity contribution < 1.29 is 37.4 Å². The highest BCUT2D eigenvalue weighted by Gasteiger charge is 2.50. The van der Waals surface area contributed by atoms with Gasteiger partial charge in [0.2, 0.25) is 15.9 Å². The maximum Gasteiger partial charge on any atom is 0.416 e. The number of amides is 3. The Labute approximate surface area is 298 Å². The zero-order chi connectivity index (χ0) is 35.4. The van der Waals surface area contributed by atoms with Crippen molar-refractivity contribution in [1.29, 1.82) is 0 Å². The third kappa shape index (κ3) is 6.47. The highest BCUT2D eigenvalue weighted by atomic mass is 35.5. The number of nitrogens with one attached hydrogen (secondary N) is 1. The molecule has 1 saturated heterocycles. The van der Waals surface area contributed by atoms with Gasteiger partial charge in [-0.1, -0.05) is 31.0 Å². The number of anilines is 1. The Kier molecular flexibility index (Phi) is 9.34. The number of aliphatic hydroxyl groups is 1. The summed E-state index contributed by atoms with van der Waals surface area (Å²) in [4.78, 5) is 42.6. The molecule has 2 fully saturated rings. The molecule has 0 unspecified atom stereocenters. The van der Waals surface area contributed by atoms with Gasteiger partial charge in [0.25, 0.3) is 5.91 Å². The molecule has 2 aromatic carbocycles. The number of aryl methyl sites for hydroxylation is 1. The van der Waals surface area contributed by atoms with E-state index < -0.39 is 38.8 Å². The molecular formula is C37H46ClN3O8S. The van der Waals surface area contributed by atoms with Gasteiger partial charge in [-0.05, 0) is 111 Å². The van der Waals surface area contributed by atoms with E-state index >= 15 is 0 Å². The number of carbonyl (C=O) groups excluding carboxylic acids is 3. The summed E-state index contributed by atoms with van der Waals surface area (Å²) in [5, 5.41) is 12.3. The molecule has 13 heteroatoms. The number of hydrogen-bond acceptors (Lipinski definition) is 9. The molecule has 6 atom stereocenters. The van der Waals surface area contributed by atoms with Crippen LogP contribution < -0.4 is 14.4 Å². The van der Waals surface area contributed by atoms with E-state index in [9.17, 15) is 27.9 Å². The molecule has 2 aliphatic carbocycles. The summed E-state index contributed by atoms with van der Waals surface area (Å²) in [6, 6.07) is 11.1. The molecule has 3 heterocycles. The topological polar surface area (TPSA) is 143 Å². The van der Waals surface area contributed by atoms with E-state index in [0.717, 1.165) is 30.6 Å². The Morgan fingerprint density at radius 3 is 2.62 bits per heavy atom. The molecule has 11 nitrogen and oxygen atoms in total. The molecule has 50 heavy (non-hydrogen) atoms. The lowest BCUT2D eigenvalue weighted by Crippen LogP contribution is -2.54. The number of fused-ring (bicyclic) bond motifs is 4. The lowest BCUT2D eigenvalue weighted by molar-refractivity contribution is -0.142. The van der Waals surface area contributed by atoms with Gasteiger partial charge < -0.3 is 19.5 Å². The van der Waals surface area contributed by atoms with Crippen LogP contribution in [0.5, 0.6) is 5.75 Å². The molecule has 7 rings (SSSR count). The predicted octanol–water partition coefficient (Wildman–Crippen LogP) is 5.21. The van der Waals surface area contributed by atoms with Crippen molar-refractivity contribution in [1.82, 2.24) is 9.62 Å². The van der Waals surface area contributed by atoms with Crippen LogP contribution >= 0.6 is 11.6 Å². The van der Waals surface area contributed by atoms with Crippen LogP contribution in [0.1, 0.15) is 86.7 Å². The molecule has 2 aromatic rings. The van der Waals surface area contributed by atoms with Crippen LogP contribution in [0.15, 0.2) is 36.4 Å². The molecule has 1 spiro atoms. The minimum absolute atomic E-state index is 0.0109. The number of imide groups is 1. The van der Waals surface area contributed by atoms with Crippen molar-refractivity contribution in [2.45, 2.75) is 87.9 Å². The Morgan fingerprint density at radius 1 is 1.06 bits per heavy atom. The third-order valence-electron chi connectivity index (χ3n) is 12.2. The van der Waals surface area contributed by atoms with E-state index in [0.29, 0.717) is 55.4 Å². The highest BCUT2D eigenvalue weighted by molar-refractivity contribution is 7.90. The van der Waals surface area contributed by atoms with Crippen LogP contribution in [-0.4, -0.2) is 80.0 Å². The Morgan fingerprint density at radius 2 is 1.88 bits per heavy atom. The van der Waals surface area contributed by atoms with E-state index in [1.165, 1.54) is 11.1 Å². The second-order valence-corrected chi connectivity index (χ2v) is 17.7. The van der Waals surface area contributed by atoms with Crippen LogP contribution in [-0.2, 0) is 31.4 Å². The molecular weight excluding hydrogens is 682 g/mol. The quantitative estimate of drug-likeness (QED) is 0.427. The van der Waals surface area contributed by atoms with Gasteiger partial charge in [-0.3, -0.25) is 9.59 Å². The van der Waals surface area contributed by atoms with Crippen molar-refractivity contribution in [3.05, 3.63) is 58.1 Å². The molecule has 1 saturated carbocycles. The molecule has 0 radical (unpaired) electrons. The molecule has 3 amide bonds. The van der Waals surface area contributed by atoms with Crippen molar-refractivity contribution in [2.75, 3.05) is 37.7 Å². The maximum absolute atomic E-state index is 13.5. The van der Waals surface area contributed by atoms with Gasteiger partial charge in [0.1, 0.15) is 12.4 Å². The number of ether oxygens (including phenoxy) is 2. The molecule has 270 valence electrons. The summed E-state index contributed by atoms with van der Waals surface area (Å²) in [5.74, 6) is -1.11. The van der Waals surface area contributed by atoms with Crippen LogP contribution in [0.25, 0.3) is 0 Å². The second kappa shape index (κ2) is 13.3. The van der Waals surface area contributed by atoms with Crippen molar-refractivity contribution in [3.63, 3.8) is 0 Å². The fraction of sp³-hybridized carbons (Fsp3) is 0.595. The van der Waals surface area contributed by atoms with Gasteiger partial charge in [0.15, 0.2) is 0 Å². The molecule has 2 N–H and O–H groups in total. The average Bonchev–Trinajstić information content (AvgIpc) is 3.43. The molecule has 0 aromatic heterocycles. The van der Waals surface area contributed by atoms with Crippen molar-refractivity contribution in [2.24, 2.45) is 17.8 Å². The zero-order valence-electron chi connectivity index (χ0n) is 28.7. The number of nitrogens with zero attached hydrogens (tertiary/aromatic N) is 2. The number of hydrogen-bond donors (Lipinski definition) is 2. The summed E-state index contributed by atoms with van der Waals surface area (Å²) in [7, 11) is -4.04. The first-order chi connectivity index (χ1) is 23.8. The number of halogens is 1. The van der Waals surface area contributed by atoms with Gasteiger partial charge in [-0.15, -0.1) is 0 Å². The van der Waals surface area contributed by atoms with Crippen molar-refractivity contribution in [3.8, 4) is 5.75 Å². The van der Waals surface area contributed by atoms with Crippen LogP contribution in [0.4, 0.5) is 10.5 Å². The summed E-state index contributed by atoms with van der Waals surface area (Å²) in [6.07, 6.45) is 4.59. The Bertz CT molecular complexity index is 1800. The number of carbonyl (C=O) groups is 3. The second-order valence-electron chi connectivity index (χ2n) is 15.2. The third-order valence-corrected chi connectivity index (χ3v) is 14.3. The summed E-state index contributed by atoms with van der Waals surface area (Å²) in [5.41, 5.74) is 1.49. The fourth-order valence-electron chi connectivity index (χ4n) is 8.97. The molecule has 2 bridgehead atoms. The van der Waals surface area contributed by atoms with E-state index in [4.69, 9.17) is 21.1 Å². The standard InChI is InChI=1S/C37H46ClN3O8S/c1-23-5-3-14-37(45,19-33(42)41-15-16-48-35(41)44)30-10-7-27(30)20-40-21-36(13-4-6-25-17-28(38)9-11-29(25)36)22-49-32-12-8-26(18-31(32)40)34(43)39-50(46,47)24(23)2/h8-9,11-12,17-18,23-24,27,30,45H,3-7,10,13-16,19-22H2,1-2H3,(H,39,43)/t23-,24+,27-,30+,36-,37+/m0/s1. The summed E-state index contributed by atoms with van der Waals surface area (Å²) >= 11 is 6.43. The van der Waals surface area contributed by atoms with E-state index in [1.807, 2.05) is 19.1 Å². The summed E-state index contributed by atoms with van der Waals surface area (Å²) < 4.78 is 40.8. The molecule has 5 aliphatic rings. The van der Waals surface area contributed by atoms with Gasteiger partial charge in [0.05, 0.1) is 36.1 Å². The van der Waals surface area contributed by atoms with Crippen LogP contribution in [0.2, 0.25) is 5.02 Å². The number of cyclic esters (lactones) is 1. The molecule has 3 aliphatic heterocycles. The first-order valence-corrected chi connectivity index (χ1v) is 19.8. The zero-order valence-corrected chi connectivity index (χ0v) is 30.2. The van der Waals surface area contributed by atoms with Gasteiger partial charge in [-0.2, -0.15) is 0 Å². The Hall–Kier alpha value is -3.35. The highest BCUT2D eigenvalue weighted by Crippen LogP contribution is 2.50. The largest absolute Gasteiger partial charge is 0.490 e. The normalized spacial score (nSPS) is 32.5. The van der Waals surface area contributed by atoms with E-state index in [-0.39, 0.29) is 54.7 Å². The van der Waals surface area contributed by atoms with Crippen LogP contribution in [0.3, 0.4) is 0 Å². The first kappa shape index (κ1) is 35.1. The SMILES string of the molecule is C[C@@H]1[C@@H](C)CCC[C@@](O)(CC(=O)N2CCOC2=O)[C@@H]2CC[C@H]2CN2C[C@@]3(CCCc4cc(Cl)ccc43)COc3ccc(cc32)C(=O)NS1(=O)=O.